The highest BCUT2D eigenvalue weighted by Gasteiger charge is 2.16. The van der Waals surface area contributed by atoms with Crippen molar-refractivity contribution in [2.24, 2.45) is 5.73 Å². The molecular formula is C12H7Cl3N2O2S. The van der Waals surface area contributed by atoms with Gasteiger partial charge in [0, 0.05) is 5.56 Å². The molecule has 0 unspecified atom stereocenters. The molecule has 2 aromatic rings. The molecule has 8 heteroatoms. The number of nitrogens with one attached hydrogen (secondary N) is 1. The number of carbonyl (C=O) groups is 2. The molecule has 0 saturated heterocycles. The predicted molar refractivity (Wildman–Crippen MR) is 82.3 cm³/mol. The van der Waals surface area contributed by atoms with Crippen LogP contribution in [0, 0.1) is 0 Å². The number of benzene rings is 1. The van der Waals surface area contributed by atoms with Gasteiger partial charge in [-0.05, 0) is 24.3 Å². The Morgan fingerprint density at radius 2 is 1.85 bits per heavy atom. The third-order valence-electron chi connectivity index (χ3n) is 2.40. The van der Waals surface area contributed by atoms with E-state index in [1.807, 2.05) is 0 Å². The van der Waals surface area contributed by atoms with E-state index in [1.165, 1.54) is 24.3 Å². The molecule has 0 fully saturated rings. The summed E-state index contributed by atoms with van der Waals surface area (Å²) in [6.07, 6.45) is 0. The maximum Gasteiger partial charge on any atom is 0.258 e. The first-order valence-corrected chi connectivity index (χ1v) is 7.19. The second kappa shape index (κ2) is 6.01. The minimum atomic E-state index is -0.617. The van der Waals surface area contributed by atoms with Crippen molar-refractivity contribution in [1.29, 1.82) is 0 Å². The zero-order valence-corrected chi connectivity index (χ0v) is 12.8. The fraction of sp³-hybridized carbons (Fsp3) is 0. The van der Waals surface area contributed by atoms with Crippen LogP contribution < -0.4 is 11.1 Å². The van der Waals surface area contributed by atoms with Gasteiger partial charge in [-0.3, -0.25) is 9.59 Å². The van der Waals surface area contributed by atoms with Crippen LogP contribution in [0.4, 0.5) is 5.69 Å². The van der Waals surface area contributed by atoms with Crippen LogP contribution in [0.2, 0.25) is 13.7 Å². The molecule has 4 nitrogen and oxygen atoms in total. The molecule has 1 heterocycles. The van der Waals surface area contributed by atoms with Gasteiger partial charge in [0.2, 0.25) is 5.91 Å². The first-order chi connectivity index (χ1) is 9.38. The Hall–Kier alpha value is -1.27. The summed E-state index contributed by atoms with van der Waals surface area (Å²) in [6, 6.07) is 5.79. The lowest BCUT2D eigenvalue weighted by Crippen LogP contribution is -2.14. The van der Waals surface area contributed by atoms with Crippen LogP contribution in [-0.2, 0) is 0 Å². The van der Waals surface area contributed by atoms with Crippen molar-refractivity contribution in [3.8, 4) is 0 Å². The number of amides is 2. The molecule has 0 spiro atoms. The van der Waals surface area contributed by atoms with Crippen molar-refractivity contribution < 1.29 is 9.59 Å². The highest BCUT2D eigenvalue weighted by atomic mass is 35.5. The van der Waals surface area contributed by atoms with Gasteiger partial charge in [-0.2, -0.15) is 0 Å². The van der Waals surface area contributed by atoms with E-state index in [0.717, 1.165) is 11.3 Å². The number of carbonyl (C=O) groups excluding carboxylic acids is 2. The zero-order chi connectivity index (χ0) is 14.9. The van der Waals surface area contributed by atoms with Crippen molar-refractivity contribution >= 4 is 63.6 Å². The summed E-state index contributed by atoms with van der Waals surface area (Å²) in [5.41, 5.74) is 5.91. The smallest absolute Gasteiger partial charge is 0.258 e. The van der Waals surface area contributed by atoms with E-state index >= 15 is 0 Å². The highest BCUT2D eigenvalue weighted by Crippen LogP contribution is 2.32. The number of hydrogen-bond donors (Lipinski definition) is 2. The SMILES string of the molecule is NC(=O)c1ccc(Cl)c(NC(=O)c2cc(Cl)sc2Cl)c1. The number of nitrogens with two attached hydrogens (primary N) is 1. The molecular weight excluding hydrogens is 343 g/mol. The Morgan fingerprint density at radius 1 is 1.15 bits per heavy atom. The van der Waals surface area contributed by atoms with Gasteiger partial charge in [-0.1, -0.05) is 34.8 Å². The first kappa shape index (κ1) is 15.1. The van der Waals surface area contributed by atoms with E-state index < -0.39 is 11.8 Å². The molecule has 0 saturated carbocycles. The summed E-state index contributed by atoms with van der Waals surface area (Å²) >= 11 is 18.7. The number of halogens is 3. The maximum atomic E-state index is 12.1. The van der Waals surface area contributed by atoms with Gasteiger partial charge >= 0.3 is 0 Å². The third-order valence-corrected chi connectivity index (χ3v) is 4.22. The molecule has 104 valence electrons. The molecule has 2 rings (SSSR count). The summed E-state index contributed by atoms with van der Waals surface area (Å²) in [6.45, 7) is 0. The van der Waals surface area contributed by atoms with E-state index in [2.05, 4.69) is 5.32 Å². The van der Waals surface area contributed by atoms with Gasteiger partial charge in [-0.25, -0.2) is 0 Å². The quantitative estimate of drug-likeness (QED) is 0.877. The average molecular weight is 350 g/mol. The second-order valence-corrected chi connectivity index (χ2v) is 6.44. The summed E-state index contributed by atoms with van der Waals surface area (Å²) in [7, 11) is 0. The largest absolute Gasteiger partial charge is 0.366 e. The minimum Gasteiger partial charge on any atom is -0.366 e. The lowest BCUT2D eigenvalue weighted by Gasteiger charge is -2.08. The van der Waals surface area contributed by atoms with Crippen LogP contribution in [0.1, 0.15) is 20.7 Å². The molecule has 0 aliphatic rings. The van der Waals surface area contributed by atoms with Crippen LogP contribution in [-0.4, -0.2) is 11.8 Å². The normalized spacial score (nSPS) is 10.3. The Balaban J connectivity index is 2.30. The maximum absolute atomic E-state index is 12.1. The fourth-order valence-corrected chi connectivity index (χ4v) is 3.08. The molecule has 0 aliphatic heterocycles. The molecule has 0 bridgehead atoms. The summed E-state index contributed by atoms with van der Waals surface area (Å²) in [5, 5.41) is 2.84. The Morgan fingerprint density at radius 3 is 2.40 bits per heavy atom. The van der Waals surface area contributed by atoms with Gasteiger partial charge in [-0.15, -0.1) is 11.3 Å². The standard InChI is InChI=1S/C12H7Cl3N2O2S/c13-7-2-1-5(11(16)18)3-8(7)17-12(19)6-4-9(14)20-10(6)15/h1-4H,(H2,16,18)(H,17,19). The summed E-state index contributed by atoms with van der Waals surface area (Å²) in [4.78, 5) is 23.2. The Kier molecular flexibility index (Phi) is 4.55. The van der Waals surface area contributed by atoms with Crippen molar-refractivity contribution in [2.75, 3.05) is 5.32 Å². The number of anilines is 1. The average Bonchev–Trinajstić information content (AvgIpc) is 2.71. The van der Waals surface area contributed by atoms with E-state index in [-0.39, 0.29) is 26.2 Å². The molecule has 20 heavy (non-hydrogen) atoms. The van der Waals surface area contributed by atoms with Crippen LogP contribution in [0.3, 0.4) is 0 Å². The van der Waals surface area contributed by atoms with Gasteiger partial charge in [0.1, 0.15) is 4.34 Å². The molecule has 1 aromatic heterocycles. The minimum absolute atomic E-state index is 0.235. The molecule has 0 atom stereocenters. The second-order valence-electron chi connectivity index (χ2n) is 3.75. The Labute approximate surface area is 133 Å². The first-order valence-electron chi connectivity index (χ1n) is 5.24. The molecule has 0 aliphatic carbocycles. The fourth-order valence-electron chi connectivity index (χ4n) is 1.46. The lowest BCUT2D eigenvalue weighted by atomic mass is 10.2. The molecule has 3 N–H and O–H groups in total. The van der Waals surface area contributed by atoms with Gasteiger partial charge < -0.3 is 11.1 Å². The number of rotatable bonds is 3. The monoisotopic (exact) mass is 348 g/mol. The van der Waals surface area contributed by atoms with Crippen molar-refractivity contribution in [3.63, 3.8) is 0 Å². The van der Waals surface area contributed by atoms with E-state index in [0.29, 0.717) is 4.34 Å². The van der Waals surface area contributed by atoms with Crippen LogP contribution in [0.5, 0.6) is 0 Å². The zero-order valence-electron chi connectivity index (χ0n) is 9.75. The van der Waals surface area contributed by atoms with Crippen LogP contribution >= 0.6 is 46.1 Å². The van der Waals surface area contributed by atoms with Gasteiger partial charge in [0.15, 0.2) is 0 Å². The summed E-state index contributed by atoms with van der Waals surface area (Å²) in [5.74, 6) is -1.09. The number of hydrogen-bond acceptors (Lipinski definition) is 3. The lowest BCUT2D eigenvalue weighted by molar-refractivity contribution is 0.0996. The van der Waals surface area contributed by atoms with Crippen molar-refractivity contribution in [2.45, 2.75) is 0 Å². The van der Waals surface area contributed by atoms with E-state index in [1.54, 1.807) is 0 Å². The third kappa shape index (κ3) is 3.24. The highest BCUT2D eigenvalue weighted by molar-refractivity contribution is 7.20. The molecule has 2 amide bonds. The molecule has 1 aromatic carbocycles. The van der Waals surface area contributed by atoms with Crippen molar-refractivity contribution in [1.82, 2.24) is 0 Å². The van der Waals surface area contributed by atoms with Crippen LogP contribution in [0.25, 0.3) is 0 Å². The number of primary amides is 1. The number of thiophene rings is 1. The summed E-state index contributed by atoms with van der Waals surface area (Å²) < 4.78 is 0.673. The molecule has 0 radical (unpaired) electrons. The van der Waals surface area contributed by atoms with E-state index in [9.17, 15) is 9.59 Å². The van der Waals surface area contributed by atoms with Crippen molar-refractivity contribution in [3.05, 3.63) is 49.1 Å². The van der Waals surface area contributed by atoms with Gasteiger partial charge in [0.05, 0.1) is 20.6 Å². The Bertz CT molecular complexity index is 700. The predicted octanol–water partition coefficient (Wildman–Crippen LogP) is 4.06. The topological polar surface area (TPSA) is 72.2 Å². The van der Waals surface area contributed by atoms with Crippen LogP contribution in [0.15, 0.2) is 24.3 Å². The van der Waals surface area contributed by atoms with E-state index in [4.69, 9.17) is 40.5 Å². The van der Waals surface area contributed by atoms with Gasteiger partial charge in [0.25, 0.3) is 5.91 Å².